The summed E-state index contributed by atoms with van der Waals surface area (Å²) in [7, 11) is 0. The predicted molar refractivity (Wildman–Crippen MR) is 106 cm³/mol. The summed E-state index contributed by atoms with van der Waals surface area (Å²) in [6.45, 7) is 0.0146. The fraction of sp³-hybridized carbons (Fsp3) is 0.238. The second-order valence-electron chi connectivity index (χ2n) is 7.07. The molecule has 3 aromatic rings. The SMILES string of the molecule is O=C(CCNC(=O)c1ccc(F)cc1F)Nc1ccc(-c2n[nH]c(C3CC3)n2)cc1. The maximum absolute atomic E-state index is 13.6. The van der Waals surface area contributed by atoms with Crippen LogP contribution in [0.25, 0.3) is 11.4 Å². The van der Waals surface area contributed by atoms with Crippen molar-refractivity contribution in [3.63, 3.8) is 0 Å². The highest BCUT2D eigenvalue weighted by molar-refractivity contribution is 5.95. The number of aromatic amines is 1. The lowest BCUT2D eigenvalue weighted by Gasteiger charge is -2.08. The van der Waals surface area contributed by atoms with E-state index in [2.05, 4.69) is 25.8 Å². The Kier molecular flexibility index (Phi) is 5.51. The molecule has 1 heterocycles. The number of nitrogens with one attached hydrogen (secondary N) is 3. The second kappa shape index (κ2) is 8.40. The number of carbonyl (C=O) groups is 2. The van der Waals surface area contributed by atoms with Crippen molar-refractivity contribution in [1.29, 1.82) is 0 Å². The van der Waals surface area contributed by atoms with Crippen molar-refractivity contribution < 1.29 is 18.4 Å². The summed E-state index contributed by atoms with van der Waals surface area (Å²) in [5.74, 6) is -0.716. The number of nitrogens with zero attached hydrogens (tertiary/aromatic N) is 2. The predicted octanol–water partition coefficient (Wildman–Crippen LogP) is 3.39. The van der Waals surface area contributed by atoms with Gasteiger partial charge in [0.25, 0.3) is 5.91 Å². The Morgan fingerprint density at radius 1 is 1.10 bits per heavy atom. The number of carbonyl (C=O) groups excluding carboxylic acids is 2. The largest absolute Gasteiger partial charge is 0.351 e. The van der Waals surface area contributed by atoms with Crippen LogP contribution in [-0.2, 0) is 4.79 Å². The van der Waals surface area contributed by atoms with Gasteiger partial charge >= 0.3 is 0 Å². The maximum atomic E-state index is 13.6. The first-order chi connectivity index (χ1) is 14.5. The molecular formula is C21H19F2N5O2. The van der Waals surface area contributed by atoms with E-state index in [0.717, 1.165) is 36.4 Å². The summed E-state index contributed by atoms with van der Waals surface area (Å²) in [6.07, 6.45) is 2.28. The van der Waals surface area contributed by atoms with Gasteiger partial charge in [-0.1, -0.05) is 0 Å². The lowest BCUT2D eigenvalue weighted by Crippen LogP contribution is -2.28. The molecule has 3 N–H and O–H groups in total. The number of H-pyrrole nitrogens is 1. The summed E-state index contributed by atoms with van der Waals surface area (Å²) < 4.78 is 26.5. The quantitative estimate of drug-likeness (QED) is 0.555. The van der Waals surface area contributed by atoms with Crippen LogP contribution in [0.4, 0.5) is 14.5 Å². The van der Waals surface area contributed by atoms with Gasteiger partial charge in [0.15, 0.2) is 5.82 Å². The first-order valence-corrected chi connectivity index (χ1v) is 9.55. The third kappa shape index (κ3) is 4.68. The van der Waals surface area contributed by atoms with Crippen LogP contribution in [0.3, 0.4) is 0 Å². The summed E-state index contributed by atoms with van der Waals surface area (Å²) in [5.41, 5.74) is 1.16. The molecule has 1 aliphatic rings. The highest BCUT2D eigenvalue weighted by atomic mass is 19.1. The van der Waals surface area contributed by atoms with Gasteiger partial charge in [0.2, 0.25) is 5.91 Å². The molecule has 0 bridgehead atoms. The van der Waals surface area contributed by atoms with E-state index in [-0.39, 0.29) is 24.4 Å². The van der Waals surface area contributed by atoms with E-state index in [4.69, 9.17) is 0 Å². The number of aromatic nitrogens is 3. The average Bonchev–Trinajstić information content (AvgIpc) is 3.45. The fourth-order valence-electron chi connectivity index (χ4n) is 2.93. The van der Waals surface area contributed by atoms with E-state index in [1.54, 1.807) is 12.1 Å². The lowest BCUT2D eigenvalue weighted by molar-refractivity contribution is -0.116. The van der Waals surface area contributed by atoms with Crippen molar-refractivity contribution in [2.45, 2.75) is 25.2 Å². The number of anilines is 1. The second-order valence-corrected chi connectivity index (χ2v) is 7.07. The maximum Gasteiger partial charge on any atom is 0.254 e. The smallest absolute Gasteiger partial charge is 0.254 e. The number of amides is 2. The fourth-order valence-corrected chi connectivity index (χ4v) is 2.93. The molecule has 4 rings (SSSR count). The van der Waals surface area contributed by atoms with E-state index in [1.807, 2.05) is 12.1 Å². The van der Waals surface area contributed by atoms with E-state index in [0.29, 0.717) is 23.5 Å². The third-order valence-electron chi connectivity index (χ3n) is 4.71. The molecule has 30 heavy (non-hydrogen) atoms. The standard InChI is InChI=1S/C21H19F2N5O2/c22-14-5-8-16(17(23)11-14)21(30)24-10-9-18(29)25-15-6-3-13(4-7-15)20-26-19(27-28-20)12-1-2-12/h3-8,11-12H,1-2,9-10H2,(H,24,30)(H,25,29)(H,26,27,28). The van der Waals surface area contributed by atoms with Crippen LogP contribution in [0.5, 0.6) is 0 Å². The number of hydrogen-bond acceptors (Lipinski definition) is 4. The van der Waals surface area contributed by atoms with Crippen LogP contribution >= 0.6 is 0 Å². The normalized spacial score (nSPS) is 13.1. The van der Waals surface area contributed by atoms with Crippen LogP contribution in [-0.4, -0.2) is 33.5 Å². The molecule has 2 aromatic carbocycles. The Morgan fingerprint density at radius 2 is 1.87 bits per heavy atom. The Hall–Kier alpha value is -3.62. The summed E-state index contributed by atoms with van der Waals surface area (Å²) in [5, 5.41) is 12.3. The first kappa shape index (κ1) is 19.7. The molecule has 7 nitrogen and oxygen atoms in total. The molecule has 0 unspecified atom stereocenters. The zero-order valence-corrected chi connectivity index (χ0v) is 15.9. The van der Waals surface area contributed by atoms with E-state index >= 15 is 0 Å². The van der Waals surface area contributed by atoms with Gasteiger partial charge in [-0.15, -0.1) is 0 Å². The molecule has 0 saturated heterocycles. The van der Waals surface area contributed by atoms with E-state index < -0.39 is 17.5 Å². The number of hydrogen-bond donors (Lipinski definition) is 3. The van der Waals surface area contributed by atoms with Crippen LogP contribution < -0.4 is 10.6 Å². The van der Waals surface area contributed by atoms with Gasteiger partial charge in [-0.2, -0.15) is 5.10 Å². The van der Waals surface area contributed by atoms with Crippen molar-refractivity contribution in [2.24, 2.45) is 0 Å². The van der Waals surface area contributed by atoms with Gasteiger partial charge in [-0.25, -0.2) is 13.8 Å². The van der Waals surface area contributed by atoms with Crippen molar-refractivity contribution in [3.05, 3.63) is 65.5 Å². The van der Waals surface area contributed by atoms with Crippen LogP contribution in [0.2, 0.25) is 0 Å². The topological polar surface area (TPSA) is 99.8 Å². The van der Waals surface area contributed by atoms with Crippen LogP contribution in [0.15, 0.2) is 42.5 Å². The first-order valence-electron chi connectivity index (χ1n) is 9.55. The molecule has 1 saturated carbocycles. The minimum atomic E-state index is -0.951. The Balaban J connectivity index is 1.26. The van der Waals surface area contributed by atoms with Gasteiger partial charge in [0.05, 0.1) is 5.56 Å². The molecule has 0 atom stereocenters. The molecule has 0 spiro atoms. The zero-order valence-electron chi connectivity index (χ0n) is 15.9. The van der Waals surface area contributed by atoms with Crippen molar-refractivity contribution in [3.8, 4) is 11.4 Å². The van der Waals surface area contributed by atoms with Gasteiger partial charge < -0.3 is 10.6 Å². The highest BCUT2D eigenvalue weighted by Gasteiger charge is 2.27. The molecule has 0 aliphatic heterocycles. The number of halogens is 2. The summed E-state index contributed by atoms with van der Waals surface area (Å²) in [4.78, 5) is 28.5. The molecular weight excluding hydrogens is 392 g/mol. The molecule has 9 heteroatoms. The molecule has 1 aliphatic carbocycles. The Bertz CT molecular complexity index is 1080. The number of rotatable bonds is 7. The third-order valence-corrected chi connectivity index (χ3v) is 4.71. The average molecular weight is 411 g/mol. The van der Waals surface area contributed by atoms with Crippen LogP contribution in [0.1, 0.15) is 41.4 Å². The van der Waals surface area contributed by atoms with Gasteiger partial charge in [0, 0.05) is 36.2 Å². The van der Waals surface area contributed by atoms with E-state index in [9.17, 15) is 18.4 Å². The molecule has 2 amide bonds. The number of benzene rings is 2. The minimum absolute atomic E-state index is 0.00196. The summed E-state index contributed by atoms with van der Waals surface area (Å²) >= 11 is 0. The Morgan fingerprint density at radius 3 is 2.57 bits per heavy atom. The van der Waals surface area contributed by atoms with Gasteiger partial charge in [-0.05, 0) is 49.2 Å². The van der Waals surface area contributed by atoms with Crippen molar-refractivity contribution in [1.82, 2.24) is 20.5 Å². The van der Waals surface area contributed by atoms with Gasteiger partial charge in [-0.3, -0.25) is 14.7 Å². The molecule has 0 radical (unpaired) electrons. The molecule has 154 valence electrons. The molecule has 1 fully saturated rings. The van der Waals surface area contributed by atoms with Crippen molar-refractivity contribution in [2.75, 3.05) is 11.9 Å². The lowest BCUT2D eigenvalue weighted by atomic mass is 10.2. The molecule has 1 aromatic heterocycles. The summed E-state index contributed by atoms with van der Waals surface area (Å²) in [6, 6.07) is 9.81. The van der Waals surface area contributed by atoms with Gasteiger partial charge in [0.1, 0.15) is 17.5 Å². The zero-order chi connectivity index (χ0) is 21.1. The highest BCUT2D eigenvalue weighted by Crippen LogP contribution is 2.38. The minimum Gasteiger partial charge on any atom is -0.351 e. The Labute approximate surface area is 170 Å². The van der Waals surface area contributed by atoms with Crippen LogP contribution in [0, 0.1) is 11.6 Å². The monoisotopic (exact) mass is 411 g/mol. The van der Waals surface area contributed by atoms with Crippen molar-refractivity contribution >= 4 is 17.5 Å². The van der Waals surface area contributed by atoms with E-state index in [1.165, 1.54) is 0 Å².